The van der Waals surface area contributed by atoms with Crippen molar-refractivity contribution in [2.24, 2.45) is 0 Å². The Morgan fingerprint density at radius 3 is 2.67 bits per heavy atom. The molecule has 158 valence electrons. The molecule has 0 bridgehead atoms. The van der Waals surface area contributed by atoms with Crippen LogP contribution in [-0.4, -0.2) is 29.0 Å². The summed E-state index contributed by atoms with van der Waals surface area (Å²) in [5.41, 5.74) is 3.52. The molecule has 1 saturated carbocycles. The first-order valence-corrected chi connectivity index (χ1v) is 11.7. The van der Waals surface area contributed by atoms with Crippen molar-refractivity contribution in [1.82, 2.24) is 9.88 Å². The van der Waals surface area contributed by atoms with Gasteiger partial charge in [-0.3, -0.25) is 9.59 Å². The van der Waals surface area contributed by atoms with Gasteiger partial charge < -0.3 is 14.8 Å². The Morgan fingerprint density at radius 2 is 1.93 bits per heavy atom. The van der Waals surface area contributed by atoms with Crippen molar-refractivity contribution < 1.29 is 9.59 Å². The average Bonchev–Trinajstić information content (AvgIpc) is 3.33. The quantitative estimate of drug-likeness (QED) is 0.598. The van der Waals surface area contributed by atoms with E-state index in [0.29, 0.717) is 12.2 Å². The Labute approximate surface area is 181 Å². The first-order chi connectivity index (χ1) is 14.6. The maximum Gasteiger partial charge on any atom is 0.268 e. The zero-order chi connectivity index (χ0) is 21.1. The van der Waals surface area contributed by atoms with Crippen LogP contribution in [0.2, 0.25) is 0 Å². The van der Waals surface area contributed by atoms with Gasteiger partial charge in [-0.05, 0) is 55.8 Å². The molecule has 0 saturated heterocycles. The second-order valence-corrected chi connectivity index (χ2v) is 8.97. The molecule has 5 nitrogen and oxygen atoms in total. The van der Waals surface area contributed by atoms with Gasteiger partial charge in [0, 0.05) is 18.3 Å². The minimum Gasteiger partial charge on any atom is -0.348 e. The number of aromatic nitrogens is 1. The summed E-state index contributed by atoms with van der Waals surface area (Å²) in [5, 5.41) is 5.21. The van der Waals surface area contributed by atoms with Crippen LogP contribution in [0.4, 0.5) is 5.69 Å². The number of hydrogen-bond donors (Lipinski definition) is 1. The summed E-state index contributed by atoms with van der Waals surface area (Å²) in [6.45, 7) is 4.73. The maximum absolute atomic E-state index is 13.3. The molecule has 2 amide bonds. The third-order valence-corrected chi connectivity index (χ3v) is 6.87. The molecule has 3 aromatic rings. The molecular weight excluding hydrogens is 394 g/mol. The van der Waals surface area contributed by atoms with E-state index in [2.05, 4.69) is 5.32 Å². The van der Waals surface area contributed by atoms with Gasteiger partial charge in [-0.1, -0.05) is 37.5 Å². The van der Waals surface area contributed by atoms with Crippen molar-refractivity contribution in [2.45, 2.75) is 58.5 Å². The number of hydrogen-bond acceptors (Lipinski definition) is 3. The van der Waals surface area contributed by atoms with Gasteiger partial charge in [0.15, 0.2) is 0 Å². The van der Waals surface area contributed by atoms with E-state index in [0.717, 1.165) is 34.3 Å². The van der Waals surface area contributed by atoms with Gasteiger partial charge in [0.1, 0.15) is 12.2 Å². The maximum atomic E-state index is 13.3. The molecule has 1 aromatic carbocycles. The number of aryl methyl sites for hydroxylation is 1. The highest BCUT2D eigenvalue weighted by molar-refractivity contribution is 7.17. The van der Waals surface area contributed by atoms with Crippen molar-refractivity contribution >= 4 is 39.1 Å². The molecule has 1 N–H and O–H groups in total. The summed E-state index contributed by atoms with van der Waals surface area (Å²) >= 11 is 1.60. The Hall–Kier alpha value is -2.60. The number of likely N-dealkylation sites (N-methyl/N-ethyl adjacent to an activating group) is 1. The van der Waals surface area contributed by atoms with Crippen LogP contribution in [0.25, 0.3) is 10.2 Å². The van der Waals surface area contributed by atoms with Crippen LogP contribution in [0.5, 0.6) is 0 Å². The van der Waals surface area contributed by atoms with Gasteiger partial charge in [-0.2, -0.15) is 0 Å². The Bertz CT molecular complexity index is 1050. The fourth-order valence-electron chi connectivity index (χ4n) is 4.41. The molecule has 0 atom stereocenters. The zero-order valence-corrected chi connectivity index (χ0v) is 18.5. The second kappa shape index (κ2) is 9.04. The summed E-state index contributed by atoms with van der Waals surface area (Å²) in [4.78, 5) is 28.2. The van der Waals surface area contributed by atoms with Crippen LogP contribution in [-0.2, 0) is 11.3 Å². The van der Waals surface area contributed by atoms with Gasteiger partial charge >= 0.3 is 0 Å². The monoisotopic (exact) mass is 423 g/mol. The van der Waals surface area contributed by atoms with Gasteiger partial charge in [0.25, 0.3) is 5.91 Å². The van der Waals surface area contributed by atoms with Gasteiger partial charge in [-0.25, -0.2) is 0 Å². The predicted molar refractivity (Wildman–Crippen MR) is 123 cm³/mol. The lowest BCUT2D eigenvalue weighted by Gasteiger charge is -2.25. The number of anilines is 1. The van der Waals surface area contributed by atoms with E-state index in [-0.39, 0.29) is 24.4 Å². The van der Waals surface area contributed by atoms with E-state index in [1.165, 1.54) is 19.3 Å². The highest BCUT2D eigenvalue weighted by atomic mass is 32.1. The number of nitrogens with one attached hydrogen (secondary N) is 1. The van der Waals surface area contributed by atoms with Crippen LogP contribution in [0.1, 0.15) is 55.1 Å². The van der Waals surface area contributed by atoms with Gasteiger partial charge in [0.05, 0.1) is 10.2 Å². The lowest BCUT2D eigenvalue weighted by atomic mass is 9.95. The molecule has 1 aliphatic rings. The summed E-state index contributed by atoms with van der Waals surface area (Å²) in [5.74, 6) is -0.0840. The van der Waals surface area contributed by atoms with E-state index in [4.69, 9.17) is 0 Å². The first-order valence-electron chi connectivity index (χ1n) is 10.8. The third-order valence-electron chi connectivity index (χ3n) is 6.01. The zero-order valence-electron chi connectivity index (χ0n) is 17.7. The normalized spacial score (nSPS) is 14.7. The van der Waals surface area contributed by atoms with Crippen LogP contribution in [0, 0.1) is 6.92 Å². The number of nitrogens with zero attached hydrogens (tertiary/aromatic N) is 2. The summed E-state index contributed by atoms with van der Waals surface area (Å²) < 4.78 is 2.92. The van der Waals surface area contributed by atoms with Crippen molar-refractivity contribution in [3.05, 3.63) is 53.0 Å². The van der Waals surface area contributed by atoms with Gasteiger partial charge in [-0.15, -0.1) is 11.3 Å². The fraction of sp³-hybridized carbons (Fsp3) is 0.417. The SMILES string of the molecule is CCN(C(=O)Cn1c(C(=O)NC2CCCCC2)cc2sccc21)c1ccccc1C. The number of rotatable bonds is 6. The Balaban J connectivity index is 1.60. The van der Waals surface area contributed by atoms with Crippen molar-refractivity contribution in [1.29, 1.82) is 0 Å². The molecule has 0 radical (unpaired) electrons. The summed E-state index contributed by atoms with van der Waals surface area (Å²) in [6.07, 6.45) is 5.66. The molecule has 0 spiro atoms. The van der Waals surface area contributed by atoms with Crippen molar-refractivity contribution in [3.63, 3.8) is 0 Å². The lowest BCUT2D eigenvalue weighted by molar-refractivity contribution is -0.119. The minimum absolute atomic E-state index is 0.0118. The van der Waals surface area contributed by atoms with Gasteiger partial charge in [0.2, 0.25) is 5.91 Å². The molecule has 4 rings (SSSR count). The molecular formula is C24H29N3O2S. The average molecular weight is 424 g/mol. The number of benzene rings is 1. The molecule has 6 heteroatoms. The fourth-order valence-corrected chi connectivity index (χ4v) is 5.23. The van der Waals surface area contributed by atoms with E-state index in [9.17, 15) is 9.59 Å². The Kier molecular flexibility index (Phi) is 6.23. The molecule has 30 heavy (non-hydrogen) atoms. The van der Waals surface area contributed by atoms with Crippen LogP contribution in [0.3, 0.4) is 0 Å². The molecule has 2 aromatic heterocycles. The Morgan fingerprint density at radius 1 is 1.17 bits per heavy atom. The van der Waals surface area contributed by atoms with Crippen LogP contribution >= 0.6 is 11.3 Å². The van der Waals surface area contributed by atoms with E-state index in [1.807, 2.05) is 60.2 Å². The summed E-state index contributed by atoms with van der Waals surface area (Å²) in [6, 6.07) is 12.1. The lowest BCUT2D eigenvalue weighted by Crippen LogP contribution is -2.38. The number of amides is 2. The summed E-state index contributed by atoms with van der Waals surface area (Å²) in [7, 11) is 0. The first kappa shape index (κ1) is 20.7. The highest BCUT2D eigenvalue weighted by Crippen LogP contribution is 2.27. The molecule has 2 heterocycles. The smallest absolute Gasteiger partial charge is 0.268 e. The number of para-hydroxylation sites is 1. The highest BCUT2D eigenvalue weighted by Gasteiger charge is 2.24. The molecule has 0 aliphatic heterocycles. The predicted octanol–water partition coefficient (Wildman–Crippen LogP) is 5.13. The molecule has 1 aliphatic carbocycles. The number of carbonyl (C=O) groups excluding carboxylic acids is 2. The minimum atomic E-state index is -0.0722. The van der Waals surface area contributed by atoms with E-state index >= 15 is 0 Å². The number of fused-ring (bicyclic) bond motifs is 1. The van der Waals surface area contributed by atoms with Crippen molar-refractivity contribution in [2.75, 3.05) is 11.4 Å². The number of thiophene rings is 1. The number of carbonyl (C=O) groups is 2. The largest absolute Gasteiger partial charge is 0.348 e. The van der Waals surface area contributed by atoms with Crippen LogP contribution in [0.15, 0.2) is 41.8 Å². The van der Waals surface area contributed by atoms with E-state index in [1.54, 1.807) is 16.2 Å². The van der Waals surface area contributed by atoms with Crippen LogP contribution < -0.4 is 10.2 Å². The molecule has 0 unspecified atom stereocenters. The molecule has 1 fully saturated rings. The van der Waals surface area contributed by atoms with Crippen molar-refractivity contribution in [3.8, 4) is 0 Å². The topological polar surface area (TPSA) is 54.3 Å². The van der Waals surface area contributed by atoms with E-state index < -0.39 is 0 Å². The second-order valence-electron chi connectivity index (χ2n) is 8.02. The third kappa shape index (κ3) is 4.15. The standard InChI is InChI=1S/C24H29N3O2S/c1-3-26(19-12-8-7-9-17(19)2)23(28)16-27-20-13-14-30-22(20)15-21(27)24(29)25-18-10-5-4-6-11-18/h7-9,12-15,18H,3-6,10-11,16H2,1-2H3,(H,25,29).